The van der Waals surface area contributed by atoms with Gasteiger partial charge in [0.15, 0.2) is 0 Å². The van der Waals surface area contributed by atoms with Crippen LogP contribution in [0.15, 0.2) is 18.2 Å². The van der Waals surface area contributed by atoms with E-state index < -0.39 is 0 Å². The van der Waals surface area contributed by atoms with Gasteiger partial charge < -0.3 is 15.2 Å². The van der Waals surface area contributed by atoms with Gasteiger partial charge in [0, 0.05) is 12.5 Å². The number of amides is 1. The number of hydrogen-bond acceptors (Lipinski definition) is 3. The number of ether oxygens (including phenoxy) is 2. The zero-order valence-electron chi connectivity index (χ0n) is 14.6. The molecule has 0 aliphatic carbocycles. The van der Waals surface area contributed by atoms with Crippen LogP contribution in [0.25, 0.3) is 0 Å². The van der Waals surface area contributed by atoms with Crippen LogP contribution in [0, 0.1) is 5.92 Å². The third-order valence-corrected chi connectivity index (χ3v) is 3.59. The predicted molar refractivity (Wildman–Crippen MR) is 89.4 cm³/mol. The minimum atomic E-state index is -0.273. The van der Waals surface area contributed by atoms with Gasteiger partial charge in [0.05, 0.1) is 12.2 Å². The van der Waals surface area contributed by atoms with Crippen LogP contribution in [0.1, 0.15) is 59.4 Å². The number of benzene rings is 1. The maximum atomic E-state index is 11.2. The van der Waals surface area contributed by atoms with Crippen LogP contribution in [-0.2, 0) is 4.79 Å². The molecule has 2 unspecified atom stereocenters. The van der Waals surface area contributed by atoms with Crippen molar-refractivity contribution in [2.24, 2.45) is 11.7 Å². The minimum Gasteiger partial charge on any atom is -0.491 e. The van der Waals surface area contributed by atoms with Gasteiger partial charge in [-0.05, 0) is 51.2 Å². The van der Waals surface area contributed by atoms with Gasteiger partial charge in [-0.1, -0.05) is 19.9 Å². The Bertz CT molecular complexity index is 497. The highest BCUT2D eigenvalue weighted by Gasteiger charge is 2.21. The standard InChI is InChI=1S/C18H29NO3/c1-11(2)21-15-7-8-16(17(10-15)22-12(3)4)14(6)13(5)9-18(19)20/h7-8,10-14H,9H2,1-6H3,(H2,19,20). The highest BCUT2D eigenvalue weighted by atomic mass is 16.5. The molecule has 0 aromatic heterocycles. The van der Waals surface area contributed by atoms with Crippen LogP contribution >= 0.6 is 0 Å². The van der Waals surface area contributed by atoms with Crippen molar-refractivity contribution in [3.05, 3.63) is 23.8 Å². The topological polar surface area (TPSA) is 61.5 Å². The van der Waals surface area contributed by atoms with Gasteiger partial charge in [0.2, 0.25) is 5.91 Å². The first-order valence-electron chi connectivity index (χ1n) is 7.96. The van der Waals surface area contributed by atoms with Crippen molar-refractivity contribution < 1.29 is 14.3 Å². The second-order valence-electron chi connectivity index (χ2n) is 6.47. The molecule has 0 fully saturated rings. The van der Waals surface area contributed by atoms with Crippen molar-refractivity contribution in [3.8, 4) is 11.5 Å². The molecular weight excluding hydrogens is 278 g/mol. The summed E-state index contributed by atoms with van der Waals surface area (Å²) in [6.07, 6.45) is 0.558. The Hall–Kier alpha value is -1.71. The molecule has 0 saturated carbocycles. The van der Waals surface area contributed by atoms with E-state index in [2.05, 4.69) is 6.92 Å². The van der Waals surface area contributed by atoms with Crippen molar-refractivity contribution in [3.63, 3.8) is 0 Å². The Morgan fingerprint density at radius 3 is 2.14 bits per heavy atom. The van der Waals surface area contributed by atoms with Crippen molar-refractivity contribution in [1.82, 2.24) is 0 Å². The van der Waals surface area contributed by atoms with Crippen LogP contribution in [0.5, 0.6) is 11.5 Å². The zero-order valence-corrected chi connectivity index (χ0v) is 14.6. The fraction of sp³-hybridized carbons (Fsp3) is 0.611. The Labute approximate surface area is 134 Å². The molecule has 2 atom stereocenters. The van der Waals surface area contributed by atoms with Crippen LogP contribution in [0.2, 0.25) is 0 Å². The van der Waals surface area contributed by atoms with E-state index in [-0.39, 0.29) is 30.0 Å². The van der Waals surface area contributed by atoms with Crippen LogP contribution in [0.4, 0.5) is 0 Å². The van der Waals surface area contributed by atoms with Crippen molar-refractivity contribution in [2.45, 2.75) is 66.1 Å². The second kappa shape index (κ2) is 8.06. The van der Waals surface area contributed by atoms with E-state index in [0.717, 1.165) is 17.1 Å². The first-order valence-corrected chi connectivity index (χ1v) is 7.96. The summed E-state index contributed by atoms with van der Waals surface area (Å²) in [6.45, 7) is 12.1. The van der Waals surface area contributed by atoms with Crippen molar-refractivity contribution >= 4 is 5.91 Å². The molecule has 0 radical (unpaired) electrons. The lowest BCUT2D eigenvalue weighted by Gasteiger charge is -2.24. The van der Waals surface area contributed by atoms with E-state index in [1.54, 1.807) is 0 Å². The number of carbonyl (C=O) groups excluding carboxylic acids is 1. The maximum Gasteiger partial charge on any atom is 0.217 e. The molecule has 0 spiro atoms. The second-order valence-corrected chi connectivity index (χ2v) is 6.47. The molecule has 4 heteroatoms. The maximum absolute atomic E-state index is 11.2. The summed E-state index contributed by atoms with van der Waals surface area (Å²) < 4.78 is 11.7. The third kappa shape index (κ3) is 5.58. The summed E-state index contributed by atoms with van der Waals surface area (Å²) in [5, 5.41) is 0. The quantitative estimate of drug-likeness (QED) is 0.793. The Balaban J connectivity index is 3.07. The minimum absolute atomic E-state index is 0.0756. The number of carbonyl (C=O) groups is 1. The molecule has 124 valence electrons. The SMILES string of the molecule is CC(C)Oc1ccc(C(C)C(C)CC(N)=O)c(OC(C)C)c1. The lowest BCUT2D eigenvalue weighted by molar-refractivity contribution is -0.118. The summed E-state index contributed by atoms with van der Waals surface area (Å²) in [6, 6.07) is 5.91. The van der Waals surface area contributed by atoms with Gasteiger partial charge in [-0.25, -0.2) is 0 Å². The molecule has 0 aliphatic rings. The predicted octanol–water partition coefficient (Wildman–Crippen LogP) is 3.88. The van der Waals surface area contributed by atoms with Crippen LogP contribution < -0.4 is 15.2 Å². The highest BCUT2D eigenvalue weighted by molar-refractivity contribution is 5.74. The summed E-state index contributed by atoms with van der Waals surface area (Å²) in [7, 11) is 0. The third-order valence-electron chi connectivity index (χ3n) is 3.59. The van der Waals surface area contributed by atoms with E-state index in [1.807, 2.05) is 52.8 Å². The Morgan fingerprint density at radius 1 is 1.05 bits per heavy atom. The molecular formula is C18H29NO3. The van der Waals surface area contributed by atoms with Gasteiger partial charge in [-0.2, -0.15) is 0 Å². The molecule has 1 aromatic rings. The highest BCUT2D eigenvalue weighted by Crippen LogP contribution is 2.36. The lowest BCUT2D eigenvalue weighted by atomic mass is 9.86. The molecule has 0 saturated heterocycles. The Kier molecular flexibility index (Phi) is 6.72. The molecule has 22 heavy (non-hydrogen) atoms. The summed E-state index contributed by atoms with van der Waals surface area (Å²) >= 11 is 0. The van der Waals surface area contributed by atoms with Crippen LogP contribution in [0.3, 0.4) is 0 Å². The van der Waals surface area contributed by atoms with E-state index in [4.69, 9.17) is 15.2 Å². The fourth-order valence-electron chi connectivity index (χ4n) is 2.39. The molecule has 0 heterocycles. The molecule has 0 aliphatic heterocycles. The van der Waals surface area contributed by atoms with Gasteiger partial charge in [0.1, 0.15) is 11.5 Å². The monoisotopic (exact) mass is 307 g/mol. The number of rotatable bonds is 8. The zero-order chi connectivity index (χ0) is 16.9. The first kappa shape index (κ1) is 18.3. The van der Waals surface area contributed by atoms with E-state index in [1.165, 1.54) is 0 Å². The largest absolute Gasteiger partial charge is 0.491 e. The van der Waals surface area contributed by atoms with E-state index in [0.29, 0.717) is 6.42 Å². The lowest BCUT2D eigenvalue weighted by Crippen LogP contribution is -2.19. The molecule has 1 rings (SSSR count). The molecule has 4 nitrogen and oxygen atoms in total. The van der Waals surface area contributed by atoms with Crippen molar-refractivity contribution in [2.75, 3.05) is 0 Å². The summed E-state index contributed by atoms with van der Waals surface area (Å²) in [5.74, 6) is 1.67. The summed E-state index contributed by atoms with van der Waals surface area (Å²) in [4.78, 5) is 11.2. The molecule has 1 aromatic carbocycles. The van der Waals surface area contributed by atoms with Crippen molar-refractivity contribution in [1.29, 1.82) is 0 Å². The van der Waals surface area contributed by atoms with Gasteiger partial charge >= 0.3 is 0 Å². The Morgan fingerprint density at radius 2 is 1.64 bits per heavy atom. The van der Waals surface area contributed by atoms with E-state index >= 15 is 0 Å². The van der Waals surface area contributed by atoms with Gasteiger partial charge in [-0.15, -0.1) is 0 Å². The van der Waals surface area contributed by atoms with Crippen LogP contribution in [-0.4, -0.2) is 18.1 Å². The fourth-order valence-corrected chi connectivity index (χ4v) is 2.39. The molecule has 2 N–H and O–H groups in total. The average molecular weight is 307 g/mol. The normalized spacial score (nSPS) is 14.0. The average Bonchev–Trinajstić information content (AvgIpc) is 2.36. The number of hydrogen-bond donors (Lipinski definition) is 1. The molecule has 0 bridgehead atoms. The summed E-state index contributed by atoms with van der Waals surface area (Å²) in [5.41, 5.74) is 6.40. The molecule has 1 amide bonds. The first-order chi connectivity index (χ1) is 10.2. The smallest absolute Gasteiger partial charge is 0.217 e. The van der Waals surface area contributed by atoms with Gasteiger partial charge in [-0.3, -0.25) is 4.79 Å². The number of nitrogens with two attached hydrogens (primary N) is 1. The number of primary amides is 1. The van der Waals surface area contributed by atoms with Gasteiger partial charge in [0.25, 0.3) is 0 Å². The van der Waals surface area contributed by atoms with E-state index in [9.17, 15) is 4.79 Å².